The van der Waals surface area contributed by atoms with E-state index in [9.17, 15) is 0 Å². The van der Waals surface area contributed by atoms with Crippen LogP contribution in [0.3, 0.4) is 0 Å². The van der Waals surface area contributed by atoms with Crippen molar-refractivity contribution in [2.75, 3.05) is 13.1 Å². The SMILES string of the molecule is C[Si](C)(C)C#Cc1ccc(CC2CCNCC2)cc1.Cl. The summed E-state index contributed by atoms with van der Waals surface area (Å²) in [6.07, 6.45) is 3.86. The summed E-state index contributed by atoms with van der Waals surface area (Å²) in [5.41, 5.74) is 6.05. The molecule has 1 aliphatic heterocycles. The Kier molecular flexibility index (Phi) is 6.81. The van der Waals surface area contributed by atoms with Gasteiger partial charge in [-0.1, -0.05) is 37.7 Å². The lowest BCUT2D eigenvalue weighted by Gasteiger charge is -2.22. The lowest BCUT2D eigenvalue weighted by Crippen LogP contribution is -2.28. The van der Waals surface area contributed by atoms with E-state index in [1.165, 1.54) is 37.9 Å². The Morgan fingerprint density at radius 2 is 1.70 bits per heavy atom. The van der Waals surface area contributed by atoms with Crippen LogP contribution in [0.15, 0.2) is 24.3 Å². The Morgan fingerprint density at radius 1 is 1.10 bits per heavy atom. The minimum absolute atomic E-state index is 0. The van der Waals surface area contributed by atoms with E-state index in [0.29, 0.717) is 0 Å². The Hall–Kier alpha value is -0.753. The largest absolute Gasteiger partial charge is 0.317 e. The quantitative estimate of drug-likeness (QED) is 0.646. The standard InChI is InChI=1S/C17H25NSi.ClH/c1-19(2,3)13-10-15-4-6-16(7-5-15)14-17-8-11-18-12-9-17;/h4-7,17-18H,8-9,11-12,14H2,1-3H3;1H. The smallest absolute Gasteiger partial charge is 0.129 e. The van der Waals surface area contributed by atoms with Crippen molar-refractivity contribution in [1.82, 2.24) is 5.32 Å². The summed E-state index contributed by atoms with van der Waals surface area (Å²) in [7, 11) is -1.26. The monoisotopic (exact) mass is 307 g/mol. The van der Waals surface area contributed by atoms with E-state index in [-0.39, 0.29) is 12.4 Å². The Labute approximate surface area is 131 Å². The molecule has 1 nitrogen and oxygen atoms in total. The van der Waals surface area contributed by atoms with Gasteiger partial charge in [0.1, 0.15) is 8.07 Å². The van der Waals surface area contributed by atoms with Gasteiger partial charge < -0.3 is 5.32 Å². The highest BCUT2D eigenvalue weighted by molar-refractivity contribution is 6.83. The molecule has 0 aliphatic carbocycles. The van der Waals surface area contributed by atoms with Gasteiger partial charge in [0.25, 0.3) is 0 Å². The summed E-state index contributed by atoms with van der Waals surface area (Å²) in [6.45, 7) is 9.22. The van der Waals surface area contributed by atoms with Gasteiger partial charge in [0.2, 0.25) is 0 Å². The second-order valence-corrected chi connectivity index (χ2v) is 11.3. The number of halogens is 1. The molecule has 3 heteroatoms. The van der Waals surface area contributed by atoms with E-state index in [2.05, 4.69) is 60.7 Å². The first-order valence-electron chi connectivity index (χ1n) is 7.36. The molecule has 1 aromatic carbocycles. The predicted molar refractivity (Wildman–Crippen MR) is 93.2 cm³/mol. The van der Waals surface area contributed by atoms with Gasteiger partial charge in [-0.15, -0.1) is 18.0 Å². The molecular formula is C17H26ClNSi. The van der Waals surface area contributed by atoms with Crippen LogP contribution in [0.4, 0.5) is 0 Å². The molecule has 1 saturated heterocycles. The maximum atomic E-state index is 3.43. The topological polar surface area (TPSA) is 12.0 Å². The molecule has 1 fully saturated rings. The highest BCUT2D eigenvalue weighted by Crippen LogP contribution is 2.18. The highest BCUT2D eigenvalue weighted by atomic mass is 35.5. The van der Waals surface area contributed by atoms with Crippen molar-refractivity contribution in [3.05, 3.63) is 35.4 Å². The lowest BCUT2D eigenvalue weighted by molar-refractivity contribution is 0.372. The maximum absolute atomic E-state index is 3.43. The summed E-state index contributed by atoms with van der Waals surface area (Å²) in [4.78, 5) is 0. The van der Waals surface area contributed by atoms with Crippen LogP contribution in [0, 0.1) is 17.4 Å². The first kappa shape index (κ1) is 17.3. The van der Waals surface area contributed by atoms with Gasteiger partial charge in [0, 0.05) is 5.56 Å². The van der Waals surface area contributed by atoms with Crippen LogP contribution in [0.1, 0.15) is 24.0 Å². The Morgan fingerprint density at radius 3 is 2.25 bits per heavy atom. The van der Waals surface area contributed by atoms with Crippen molar-refractivity contribution < 1.29 is 0 Å². The molecule has 0 amide bonds. The van der Waals surface area contributed by atoms with E-state index in [1.54, 1.807) is 0 Å². The van der Waals surface area contributed by atoms with Crippen LogP contribution in [0.2, 0.25) is 19.6 Å². The number of nitrogens with one attached hydrogen (secondary N) is 1. The van der Waals surface area contributed by atoms with Crippen molar-refractivity contribution in [3.8, 4) is 11.5 Å². The molecule has 0 bridgehead atoms. The van der Waals surface area contributed by atoms with Crippen LogP contribution in [-0.4, -0.2) is 21.2 Å². The summed E-state index contributed by atoms with van der Waals surface area (Å²) >= 11 is 0. The van der Waals surface area contributed by atoms with E-state index in [1.807, 2.05) is 0 Å². The van der Waals surface area contributed by atoms with Gasteiger partial charge >= 0.3 is 0 Å². The molecular weight excluding hydrogens is 282 g/mol. The van der Waals surface area contributed by atoms with Gasteiger partial charge in [-0.2, -0.15) is 0 Å². The van der Waals surface area contributed by atoms with Crippen molar-refractivity contribution in [2.45, 2.75) is 38.9 Å². The van der Waals surface area contributed by atoms with Crippen molar-refractivity contribution in [1.29, 1.82) is 0 Å². The normalized spacial score (nSPS) is 15.9. The second kappa shape index (κ2) is 7.88. The molecule has 0 aromatic heterocycles. The van der Waals surface area contributed by atoms with Gasteiger partial charge in [0.05, 0.1) is 0 Å². The fourth-order valence-electron chi connectivity index (χ4n) is 2.40. The average molecular weight is 308 g/mol. The third-order valence-electron chi connectivity index (χ3n) is 3.52. The van der Waals surface area contributed by atoms with Gasteiger partial charge in [0.15, 0.2) is 0 Å². The summed E-state index contributed by atoms with van der Waals surface area (Å²) in [5, 5.41) is 3.43. The van der Waals surface area contributed by atoms with Crippen molar-refractivity contribution in [3.63, 3.8) is 0 Å². The van der Waals surface area contributed by atoms with Crippen LogP contribution in [0.5, 0.6) is 0 Å². The zero-order chi connectivity index (χ0) is 13.7. The lowest BCUT2D eigenvalue weighted by atomic mass is 9.91. The first-order valence-corrected chi connectivity index (χ1v) is 10.9. The first-order chi connectivity index (χ1) is 9.03. The maximum Gasteiger partial charge on any atom is 0.129 e. The van der Waals surface area contributed by atoms with E-state index in [4.69, 9.17) is 0 Å². The van der Waals surface area contributed by atoms with Gasteiger partial charge in [-0.3, -0.25) is 0 Å². The summed E-state index contributed by atoms with van der Waals surface area (Å²) in [6, 6.07) is 8.89. The minimum Gasteiger partial charge on any atom is -0.317 e. The molecule has 0 radical (unpaired) electrons. The van der Waals surface area contributed by atoms with Crippen LogP contribution < -0.4 is 5.32 Å². The average Bonchev–Trinajstić information content (AvgIpc) is 2.38. The molecule has 0 saturated carbocycles. The Bertz CT molecular complexity index is 458. The van der Waals surface area contributed by atoms with E-state index in [0.717, 1.165) is 11.5 Å². The second-order valence-electron chi connectivity index (χ2n) is 6.59. The van der Waals surface area contributed by atoms with Gasteiger partial charge in [-0.05, 0) is 56.0 Å². The summed E-state index contributed by atoms with van der Waals surface area (Å²) in [5.74, 6) is 4.18. The Balaban J connectivity index is 0.00000200. The van der Waals surface area contributed by atoms with Crippen molar-refractivity contribution in [2.24, 2.45) is 5.92 Å². The zero-order valence-corrected chi connectivity index (χ0v) is 14.6. The molecule has 0 spiro atoms. The van der Waals surface area contributed by atoms with Crippen molar-refractivity contribution >= 4 is 20.5 Å². The third kappa shape index (κ3) is 6.13. The fraction of sp³-hybridized carbons (Fsp3) is 0.529. The zero-order valence-electron chi connectivity index (χ0n) is 12.8. The number of benzene rings is 1. The molecule has 0 unspecified atom stereocenters. The van der Waals surface area contributed by atoms with Gasteiger partial charge in [-0.25, -0.2) is 0 Å². The van der Waals surface area contributed by atoms with E-state index < -0.39 is 8.07 Å². The fourth-order valence-corrected chi connectivity index (χ4v) is 2.92. The minimum atomic E-state index is -1.26. The molecule has 1 aliphatic rings. The molecule has 1 heterocycles. The van der Waals surface area contributed by atoms with Crippen LogP contribution in [0.25, 0.3) is 0 Å². The van der Waals surface area contributed by atoms with Crippen LogP contribution in [-0.2, 0) is 6.42 Å². The molecule has 110 valence electrons. The van der Waals surface area contributed by atoms with E-state index >= 15 is 0 Å². The number of rotatable bonds is 2. The summed E-state index contributed by atoms with van der Waals surface area (Å²) < 4.78 is 0. The molecule has 0 atom stereocenters. The van der Waals surface area contributed by atoms with Crippen LogP contribution >= 0.6 is 12.4 Å². The molecule has 2 rings (SSSR count). The number of hydrogen-bond donors (Lipinski definition) is 1. The molecule has 1 aromatic rings. The highest BCUT2D eigenvalue weighted by Gasteiger charge is 2.13. The number of hydrogen-bond acceptors (Lipinski definition) is 1. The molecule has 20 heavy (non-hydrogen) atoms. The predicted octanol–water partition coefficient (Wildman–Crippen LogP) is 3.88. The molecule has 1 N–H and O–H groups in total. The third-order valence-corrected chi connectivity index (χ3v) is 4.39. The number of piperidine rings is 1.